The van der Waals surface area contributed by atoms with Crippen molar-refractivity contribution in [1.29, 1.82) is 5.26 Å². The minimum atomic E-state index is -0.193. The molecule has 2 amide bonds. The van der Waals surface area contributed by atoms with Crippen molar-refractivity contribution in [2.24, 2.45) is 5.92 Å². The molecule has 1 heterocycles. The zero-order chi connectivity index (χ0) is 19.1. The number of aryl methyl sites for hydroxylation is 1. The van der Waals surface area contributed by atoms with Crippen LogP contribution in [0.5, 0.6) is 0 Å². The van der Waals surface area contributed by atoms with Crippen molar-refractivity contribution < 1.29 is 4.79 Å². The quantitative estimate of drug-likeness (QED) is 0.848. The lowest BCUT2D eigenvalue weighted by molar-refractivity contribution is 0.175. The lowest BCUT2D eigenvalue weighted by atomic mass is 9.96. The first-order chi connectivity index (χ1) is 13.1. The summed E-state index contributed by atoms with van der Waals surface area (Å²) in [4.78, 5) is 14.5. The van der Waals surface area contributed by atoms with Gasteiger partial charge in [0.05, 0.1) is 11.6 Å². The second-order valence-electron chi connectivity index (χ2n) is 7.23. The molecule has 5 heteroatoms. The van der Waals surface area contributed by atoms with Crippen LogP contribution in [0.15, 0.2) is 48.5 Å². The van der Waals surface area contributed by atoms with E-state index in [0.717, 1.165) is 32.5 Å². The first-order valence-electron chi connectivity index (χ1n) is 9.45. The Hall–Kier alpha value is -2.84. The van der Waals surface area contributed by atoms with Gasteiger partial charge in [-0.1, -0.05) is 29.8 Å². The summed E-state index contributed by atoms with van der Waals surface area (Å²) in [6.45, 7) is 5.94. The van der Waals surface area contributed by atoms with E-state index in [1.165, 1.54) is 11.1 Å². The third-order valence-corrected chi connectivity index (χ3v) is 5.06. The summed E-state index contributed by atoms with van der Waals surface area (Å²) in [7, 11) is 0. The number of nitrogens with zero attached hydrogens (tertiary/aromatic N) is 2. The summed E-state index contributed by atoms with van der Waals surface area (Å²) in [5, 5.41) is 14.6. The monoisotopic (exact) mass is 362 g/mol. The summed E-state index contributed by atoms with van der Waals surface area (Å²) in [6, 6.07) is 17.5. The van der Waals surface area contributed by atoms with Crippen LogP contribution in [0.2, 0.25) is 0 Å². The molecule has 1 fully saturated rings. The normalized spacial score (nSPS) is 15.1. The molecule has 0 unspecified atom stereocenters. The Labute approximate surface area is 161 Å². The molecule has 0 atom stereocenters. The highest BCUT2D eigenvalue weighted by Gasteiger charge is 2.19. The number of piperidine rings is 1. The molecule has 3 rings (SSSR count). The number of carbonyl (C=O) groups excluding carboxylic acids is 1. The number of likely N-dealkylation sites (tertiary alicyclic amines) is 1. The van der Waals surface area contributed by atoms with Crippen LogP contribution in [0.25, 0.3) is 0 Å². The maximum absolute atomic E-state index is 12.0. The van der Waals surface area contributed by atoms with Crippen molar-refractivity contribution in [3.8, 4) is 6.07 Å². The molecule has 0 radical (unpaired) electrons. The van der Waals surface area contributed by atoms with Crippen molar-refractivity contribution in [1.82, 2.24) is 10.2 Å². The predicted molar refractivity (Wildman–Crippen MR) is 107 cm³/mol. The van der Waals surface area contributed by atoms with Gasteiger partial charge in [-0.05, 0) is 68.6 Å². The lowest BCUT2D eigenvalue weighted by Gasteiger charge is -2.32. The van der Waals surface area contributed by atoms with E-state index >= 15 is 0 Å². The molecule has 0 spiro atoms. The first-order valence-corrected chi connectivity index (χ1v) is 9.45. The number of urea groups is 1. The average molecular weight is 362 g/mol. The Morgan fingerprint density at radius 1 is 1.11 bits per heavy atom. The third kappa shape index (κ3) is 5.83. The van der Waals surface area contributed by atoms with E-state index in [1.807, 2.05) is 0 Å². The molecule has 5 nitrogen and oxygen atoms in total. The summed E-state index contributed by atoms with van der Waals surface area (Å²) < 4.78 is 0. The van der Waals surface area contributed by atoms with Gasteiger partial charge in [-0.3, -0.25) is 4.90 Å². The number of hydrogen-bond acceptors (Lipinski definition) is 3. The molecule has 2 N–H and O–H groups in total. The van der Waals surface area contributed by atoms with E-state index in [1.54, 1.807) is 24.3 Å². The molecule has 0 bridgehead atoms. The van der Waals surface area contributed by atoms with E-state index in [0.29, 0.717) is 23.7 Å². The van der Waals surface area contributed by atoms with E-state index < -0.39 is 0 Å². The molecule has 2 aromatic carbocycles. The number of nitriles is 1. The standard InChI is InChI=1S/C22H26N4O/c1-17-2-4-20(5-3-17)16-26-12-10-19(11-13-26)15-24-22(27)25-21-8-6-18(14-23)7-9-21/h2-9,19H,10-13,15-16H2,1H3,(H2,24,25,27). The molecular formula is C22H26N4O. The number of hydrogen-bond donors (Lipinski definition) is 2. The van der Waals surface area contributed by atoms with E-state index in [9.17, 15) is 4.79 Å². The van der Waals surface area contributed by atoms with Crippen LogP contribution in [0.3, 0.4) is 0 Å². The topological polar surface area (TPSA) is 68.2 Å². The molecule has 27 heavy (non-hydrogen) atoms. The highest BCUT2D eigenvalue weighted by molar-refractivity contribution is 5.89. The largest absolute Gasteiger partial charge is 0.338 e. The maximum Gasteiger partial charge on any atom is 0.319 e. The summed E-state index contributed by atoms with van der Waals surface area (Å²) in [5.74, 6) is 0.519. The molecule has 0 saturated carbocycles. The smallest absolute Gasteiger partial charge is 0.319 e. The summed E-state index contributed by atoms with van der Waals surface area (Å²) in [6.07, 6.45) is 2.20. The van der Waals surface area contributed by atoms with Gasteiger partial charge < -0.3 is 10.6 Å². The highest BCUT2D eigenvalue weighted by atomic mass is 16.2. The van der Waals surface area contributed by atoms with Gasteiger partial charge in [0.1, 0.15) is 0 Å². The zero-order valence-corrected chi connectivity index (χ0v) is 15.7. The van der Waals surface area contributed by atoms with E-state index in [2.05, 4.69) is 52.8 Å². The molecule has 1 saturated heterocycles. The third-order valence-electron chi connectivity index (χ3n) is 5.06. The van der Waals surface area contributed by atoms with E-state index in [4.69, 9.17) is 5.26 Å². The number of benzene rings is 2. The highest BCUT2D eigenvalue weighted by Crippen LogP contribution is 2.19. The van der Waals surface area contributed by atoms with Gasteiger partial charge in [0.15, 0.2) is 0 Å². The van der Waals surface area contributed by atoms with Crippen LogP contribution < -0.4 is 10.6 Å². The number of nitrogens with one attached hydrogen (secondary N) is 2. The van der Waals surface area contributed by atoms with Gasteiger partial charge in [0.25, 0.3) is 0 Å². The Morgan fingerprint density at radius 3 is 2.41 bits per heavy atom. The SMILES string of the molecule is Cc1ccc(CN2CCC(CNC(=O)Nc3ccc(C#N)cc3)CC2)cc1. The van der Waals surface area contributed by atoms with Crippen molar-refractivity contribution in [2.75, 3.05) is 25.0 Å². The van der Waals surface area contributed by atoms with Crippen molar-refractivity contribution in [3.63, 3.8) is 0 Å². The van der Waals surface area contributed by atoms with Crippen LogP contribution in [0, 0.1) is 24.2 Å². The first kappa shape index (κ1) is 18.9. The van der Waals surface area contributed by atoms with Crippen LogP contribution in [0.4, 0.5) is 10.5 Å². The fraction of sp³-hybridized carbons (Fsp3) is 0.364. The second-order valence-corrected chi connectivity index (χ2v) is 7.23. The fourth-order valence-corrected chi connectivity index (χ4v) is 3.34. The molecule has 1 aliphatic heterocycles. The van der Waals surface area contributed by atoms with E-state index in [-0.39, 0.29) is 6.03 Å². The minimum absolute atomic E-state index is 0.193. The Kier molecular flexibility index (Phi) is 6.45. The molecule has 1 aliphatic rings. The van der Waals surface area contributed by atoms with Gasteiger partial charge in [0.2, 0.25) is 0 Å². The molecular weight excluding hydrogens is 336 g/mol. The van der Waals surface area contributed by atoms with Crippen LogP contribution >= 0.6 is 0 Å². The van der Waals surface area contributed by atoms with Gasteiger partial charge in [-0.2, -0.15) is 5.26 Å². The molecule has 2 aromatic rings. The maximum atomic E-state index is 12.0. The van der Waals surface area contributed by atoms with Gasteiger partial charge in [0, 0.05) is 18.8 Å². The molecule has 140 valence electrons. The predicted octanol–water partition coefficient (Wildman–Crippen LogP) is 3.90. The van der Waals surface area contributed by atoms with Crippen LogP contribution in [-0.2, 0) is 6.54 Å². The van der Waals surface area contributed by atoms with Crippen molar-refractivity contribution >= 4 is 11.7 Å². The zero-order valence-electron chi connectivity index (χ0n) is 15.7. The number of amides is 2. The number of carbonyl (C=O) groups is 1. The summed E-state index contributed by atoms with van der Waals surface area (Å²) >= 11 is 0. The second kappa shape index (κ2) is 9.20. The van der Waals surface area contributed by atoms with Crippen LogP contribution in [-0.4, -0.2) is 30.6 Å². The van der Waals surface area contributed by atoms with Crippen LogP contribution in [0.1, 0.15) is 29.5 Å². The number of anilines is 1. The Bertz CT molecular complexity index is 785. The minimum Gasteiger partial charge on any atom is -0.338 e. The summed E-state index contributed by atoms with van der Waals surface area (Å²) in [5.41, 5.74) is 3.93. The fourth-order valence-electron chi connectivity index (χ4n) is 3.34. The van der Waals surface area contributed by atoms with Crippen molar-refractivity contribution in [2.45, 2.75) is 26.3 Å². The molecule has 0 aliphatic carbocycles. The van der Waals surface area contributed by atoms with Crippen molar-refractivity contribution in [3.05, 3.63) is 65.2 Å². The molecule has 0 aromatic heterocycles. The number of rotatable bonds is 5. The van der Waals surface area contributed by atoms with Gasteiger partial charge >= 0.3 is 6.03 Å². The van der Waals surface area contributed by atoms with Gasteiger partial charge in [-0.15, -0.1) is 0 Å². The van der Waals surface area contributed by atoms with Gasteiger partial charge in [-0.25, -0.2) is 4.79 Å². The Morgan fingerprint density at radius 2 is 1.78 bits per heavy atom. The average Bonchev–Trinajstić information content (AvgIpc) is 2.70. The Balaban J connectivity index is 1.36. The lowest BCUT2D eigenvalue weighted by Crippen LogP contribution is -2.39.